The Kier molecular flexibility index (Phi) is 6.01. The predicted octanol–water partition coefficient (Wildman–Crippen LogP) is 3.88. The monoisotopic (exact) mass is 423 g/mol. The van der Waals surface area contributed by atoms with Crippen molar-refractivity contribution in [1.29, 1.82) is 0 Å². The van der Waals surface area contributed by atoms with E-state index in [0.29, 0.717) is 33.8 Å². The van der Waals surface area contributed by atoms with Gasteiger partial charge in [-0.2, -0.15) is 0 Å². The van der Waals surface area contributed by atoms with E-state index in [9.17, 15) is 14.7 Å². The number of nitrogens with two attached hydrogens (primary N) is 1. The molecule has 1 amide bonds. The van der Waals surface area contributed by atoms with Gasteiger partial charge in [0, 0.05) is 5.69 Å². The van der Waals surface area contributed by atoms with Gasteiger partial charge in [0.25, 0.3) is 0 Å². The Hall–Kier alpha value is -3.81. The van der Waals surface area contributed by atoms with Crippen LogP contribution in [0.25, 0.3) is 10.9 Å². The molecule has 0 spiro atoms. The second kappa shape index (κ2) is 8.51. The number of carboxylic acid groups (broad SMARTS) is 1. The van der Waals surface area contributed by atoms with E-state index in [1.165, 1.54) is 0 Å². The third kappa shape index (κ3) is 4.53. The average molecular weight is 423 g/mol. The van der Waals surface area contributed by atoms with Crippen molar-refractivity contribution in [3.8, 4) is 11.5 Å². The number of benzene rings is 2. The van der Waals surface area contributed by atoms with Crippen molar-refractivity contribution in [2.24, 2.45) is 5.41 Å². The molecule has 8 heteroatoms. The Morgan fingerprint density at radius 1 is 1.16 bits per heavy atom. The molecule has 0 aliphatic carbocycles. The van der Waals surface area contributed by atoms with Crippen LogP contribution in [0, 0.1) is 12.3 Å². The molecular formula is C23H25N3O5. The lowest BCUT2D eigenvalue weighted by Gasteiger charge is -2.24. The number of aryl methyl sites for hydroxylation is 1. The molecule has 4 N–H and O–H groups in total. The van der Waals surface area contributed by atoms with Gasteiger partial charge in [0.15, 0.2) is 0 Å². The lowest BCUT2D eigenvalue weighted by molar-refractivity contribution is -0.125. The van der Waals surface area contributed by atoms with Crippen LogP contribution in [-0.2, 0) is 4.79 Å². The first kappa shape index (κ1) is 21.9. The number of methoxy groups -OCH3 is 1. The summed E-state index contributed by atoms with van der Waals surface area (Å²) in [6, 6.07) is 12.2. The summed E-state index contributed by atoms with van der Waals surface area (Å²) in [4.78, 5) is 28.7. The van der Waals surface area contributed by atoms with Gasteiger partial charge in [0.1, 0.15) is 23.7 Å². The third-order valence-corrected chi connectivity index (χ3v) is 4.96. The first-order valence-corrected chi connectivity index (χ1v) is 9.64. The summed E-state index contributed by atoms with van der Waals surface area (Å²) in [5.74, 6) is -0.321. The van der Waals surface area contributed by atoms with Gasteiger partial charge >= 0.3 is 5.97 Å². The summed E-state index contributed by atoms with van der Waals surface area (Å²) >= 11 is 0. The van der Waals surface area contributed by atoms with Crippen LogP contribution in [0.1, 0.15) is 29.9 Å². The maximum Gasteiger partial charge on any atom is 0.339 e. The molecule has 0 saturated heterocycles. The van der Waals surface area contributed by atoms with Gasteiger partial charge in [-0.3, -0.25) is 9.78 Å². The van der Waals surface area contributed by atoms with E-state index in [1.807, 2.05) is 0 Å². The Balaban J connectivity index is 1.82. The molecule has 0 aliphatic heterocycles. The smallest absolute Gasteiger partial charge is 0.339 e. The largest absolute Gasteiger partial charge is 0.497 e. The molecule has 2 aromatic carbocycles. The van der Waals surface area contributed by atoms with Gasteiger partial charge in [0.05, 0.1) is 34.8 Å². The van der Waals surface area contributed by atoms with Crippen LogP contribution in [0.4, 0.5) is 11.4 Å². The maximum absolute atomic E-state index is 12.8. The van der Waals surface area contributed by atoms with Crippen molar-refractivity contribution in [2.75, 3.05) is 24.8 Å². The fourth-order valence-corrected chi connectivity index (χ4v) is 3.13. The van der Waals surface area contributed by atoms with Crippen molar-refractivity contribution < 1.29 is 24.2 Å². The van der Waals surface area contributed by atoms with E-state index < -0.39 is 11.4 Å². The summed E-state index contributed by atoms with van der Waals surface area (Å²) in [7, 11) is 1.57. The Morgan fingerprint density at radius 3 is 2.45 bits per heavy atom. The number of anilines is 2. The van der Waals surface area contributed by atoms with Gasteiger partial charge < -0.3 is 25.6 Å². The molecule has 3 rings (SSSR count). The van der Waals surface area contributed by atoms with Gasteiger partial charge in [0.2, 0.25) is 5.91 Å². The van der Waals surface area contributed by atoms with Crippen LogP contribution >= 0.6 is 0 Å². The number of aromatic nitrogens is 1. The minimum atomic E-state index is -1.15. The van der Waals surface area contributed by atoms with Crippen LogP contribution in [-0.4, -0.2) is 35.7 Å². The molecule has 0 fully saturated rings. The SMILES string of the molecule is COc1ccc(NC(=O)C(C)(C)COc2cccc3nc(C)c(C(=O)O)c(N)c23)cc1. The van der Waals surface area contributed by atoms with E-state index >= 15 is 0 Å². The van der Waals surface area contributed by atoms with E-state index in [2.05, 4.69) is 10.3 Å². The number of hydrogen-bond acceptors (Lipinski definition) is 6. The highest BCUT2D eigenvalue weighted by Crippen LogP contribution is 2.34. The number of carbonyl (C=O) groups excluding carboxylic acids is 1. The van der Waals surface area contributed by atoms with E-state index in [0.717, 1.165) is 0 Å². The molecule has 162 valence electrons. The maximum atomic E-state index is 12.8. The van der Waals surface area contributed by atoms with Crippen LogP contribution < -0.4 is 20.5 Å². The molecular weight excluding hydrogens is 398 g/mol. The van der Waals surface area contributed by atoms with Gasteiger partial charge in [-0.15, -0.1) is 0 Å². The zero-order chi connectivity index (χ0) is 22.8. The second-order valence-electron chi connectivity index (χ2n) is 7.80. The molecule has 8 nitrogen and oxygen atoms in total. The van der Waals surface area contributed by atoms with Crippen molar-refractivity contribution >= 4 is 34.2 Å². The summed E-state index contributed by atoms with van der Waals surface area (Å²) in [5.41, 5.74) is 6.80. The van der Waals surface area contributed by atoms with Crippen LogP contribution in [0.3, 0.4) is 0 Å². The minimum absolute atomic E-state index is 0.0455. The van der Waals surface area contributed by atoms with Gasteiger partial charge in [-0.05, 0) is 57.2 Å². The number of hydrogen-bond donors (Lipinski definition) is 3. The lowest BCUT2D eigenvalue weighted by Crippen LogP contribution is -2.36. The standard InChI is InChI=1S/C23H25N3O5/c1-13-18(21(27)28)20(24)19-16(25-13)6-5-7-17(19)31-12-23(2,3)22(29)26-14-8-10-15(30-4)11-9-14/h5-11H,12H2,1-4H3,(H2,24,25)(H,26,29)(H,27,28). The number of aromatic carboxylic acids is 1. The van der Waals surface area contributed by atoms with Crippen molar-refractivity contribution in [1.82, 2.24) is 4.98 Å². The highest BCUT2D eigenvalue weighted by atomic mass is 16.5. The molecule has 0 atom stereocenters. The molecule has 0 bridgehead atoms. The van der Waals surface area contributed by atoms with Crippen LogP contribution in [0.15, 0.2) is 42.5 Å². The molecule has 0 unspecified atom stereocenters. The fourth-order valence-electron chi connectivity index (χ4n) is 3.13. The molecule has 3 aromatic rings. The number of nitrogen functional groups attached to an aromatic ring is 1. The molecule has 0 radical (unpaired) electrons. The number of ether oxygens (including phenoxy) is 2. The number of nitrogens with zero attached hydrogens (tertiary/aromatic N) is 1. The average Bonchev–Trinajstić information content (AvgIpc) is 2.72. The molecule has 1 aromatic heterocycles. The highest BCUT2D eigenvalue weighted by Gasteiger charge is 2.29. The van der Waals surface area contributed by atoms with Crippen LogP contribution in [0.2, 0.25) is 0 Å². The van der Waals surface area contributed by atoms with Crippen molar-refractivity contribution in [3.05, 3.63) is 53.7 Å². The summed E-state index contributed by atoms with van der Waals surface area (Å²) in [5, 5.41) is 12.8. The first-order valence-electron chi connectivity index (χ1n) is 9.64. The zero-order valence-corrected chi connectivity index (χ0v) is 17.9. The molecule has 31 heavy (non-hydrogen) atoms. The minimum Gasteiger partial charge on any atom is -0.497 e. The van der Waals surface area contributed by atoms with Crippen LogP contribution in [0.5, 0.6) is 11.5 Å². The molecule has 0 aliphatic rings. The molecule has 0 saturated carbocycles. The number of nitrogens with one attached hydrogen (secondary N) is 1. The number of carbonyl (C=O) groups is 2. The Morgan fingerprint density at radius 2 is 1.84 bits per heavy atom. The normalized spacial score (nSPS) is 11.2. The van der Waals surface area contributed by atoms with Crippen molar-refractivity contribution in [2.45, 2.75) is 20.8 Å². The number of amides is 1. The zero-order valence-electron chi connectivity index (χ0n) is 17.9. The summed E-state index contributed by atoms with van der Waals surface area (Å²) < 4.78 is 11.1. The van der Waals surface area contributed by atoms with Crippen molar-refractivity contribution in [3.63, 3.8) is 0 Å². The van der Waals surface area contributed by atoms with E-state index in [-0.39, 0.29) is 23.8 Å². The first-order chi connectivity index (χ1) is 14.6. The second-order valence-corrected chi connectivity index (χ2v) is 7.80. The predicted molar refractivity (Wildman–Crippen MR) is 119 cm³/mol. The van der Waals surface area contributed by atoms with E-state index in [4.69, 9.17) is 15.2 Å². The summed E-state index contributed by atoms with van der Waals surface area (Å²) in [6.07, 6.45) is 0. The highest BCUT2D eigenvalue weighted by molar-refractivity contribution is 6.06. The van der Waals surface area contributed by atoms with Gasteiger partial charge in [-0.25, -0.2) is 4.79 Å². The third-order valence-electron chi connectivity index (χ3n) is 4.96. The molecule has 1 heterocycles. The summed E-state index contributed by atoms with van der Waals surface area (Å²) in [6.45, 7) is 5.15. The fraction of sp³-hybridized carbons (Fsp3) is 0.261. The van der Waals surface area contributed by atoms with Gasteiger partial charge in [-0.1, -0.05) is 6.07 Å². The Bertz CT molecular complexity index is 1140. The number of carboxylic acids is 1. The van der Waals surface area contributed by atoms with E-state index in [1.54, 1.807) is 70.3 Å². The lowest BCUT2D eigenvalue weighted by atomic mass is 9.93. The number of rotatable bonds is 7. The number of fused-ring (bicyclic) bond motifs is 1. The number of pyridine rings is 1. The quantitative estimate of drug-likeness (QED) is 0.527. The Labute approximate surface area is 180 Å². The topological polar surface area (TPSA) is 124 Å².